The Kier molecular flexibility index (Phi) is 6.61. The number of phenolic OH excluding ortho intramolecular Hbond substituents is 1. The predicted molar refractivity (Wildman–Crippen MR) is 161 cm³/mol. The van der Waals surface area contributed by atoms with E-state index in [1.165, 1.54) is 18.2 Å². The first-order chi connectivity index (χ1) is 20.5. The number of piperidine rings is 1. The molecule has 0 bridgehead atoms. The van der Waals surface area contributed by atoms with Crippen molar-refractivity contribution in [1.82, 2.24) is 14.9 Å². The molecule has 43 heavy (non-hydrogen) atoms. The lowest BCUT2D eigenvalue weighted by Gasteiger charge is -2.37. The number of anilines is 1. The number of hydrogen-bond acceptors (Lipinski definition) is 8. The van der Waals surface area contributed by atoms with Gasteiger partial charge in [0.15, 0.2) is 5.82 Å². The van der Waals surface area contributed by atoms with E-state index in [0.29, 0.717) is 48.3 Å². The van der Waals surface area contributed by atoms with Crippen molar-refractivity contribution in [3.63, 3.8) is 0 Å². The van der Waals surface area contributed by atoms with Crippen molar-refractivity contribution in [3.05, 3.63) is 52.1 Å². The molecular weight excluding hydrogens is 554 g/mol. The average Bonchev–Trinajstić information content (AvgIpc) is 3.48. The molecule has 2 aromatic heterocycles. The Morgan fingerprint density at radius 3 is 2.70 bits per heavy atom. The highest BCUT2D eigenvalue weighted by Gasteiger charge is 2.49. The van der Waals surface area contributed by atoms with Gasteiger partial charge in [0.1, 0.15) is 35.5 Å². The number of ether oxygens (including phenoxy) is 1. The number of benzene rings is 2. The smallest absolute Gasteiger partial charge is 0.349 e. The van der Waals surface area contributed by atoms with E-state index in [0.717, 1.165) is 32.2 Å². The molecule has 0 spiro atoms. The predicted octanol–water partition coefficient (Wildman–Crippen LogP) is 6.14. The molecule has 8 nitrogen and oxygen atoms in total. The summed E-state index contributed by atoms with van der Waals surface area (Å²) in [6.45, 7) is 9.12. The molecule has 3 aliphatic heterocycles. The summed E-state index contributed by atoms with van der Waals surface area (Å²) in [5.74, 6) is -0.0142. The third kappa shape index (κ3) is 4.80. The zero-order valence-corrected chi connectivity index (χ0v) is 24.8. The van der Waals surface area contributed by atoms with Crippen LogP contribution < -0.4 is 15.3 Å². The minimum absolute atomic E-state index is 0.0818. The second-order valence-electron chi connectivity index (χ2n) is 13.2. The van der Waals surface area contributed by atoms with Crippen molar-refractivity contribution in [2.45, 2.75) is 64.6 Å². The lowest BCUT2D eigenvalue weighted by molar-refractivity contribution is 0.107. The van der Waals surface area contributed by atoms with E-state index in [4.69, 9.17) is 19.1 Å². The maximum absolute atomic E-state index is 15.1. The molecule has 3 aliphatic rings. The lowest BCUT2D eigenvalue weighted by atomic mass is 9.82. The minimum atomic E-state index is -0.888. The molecule has 5 heterocycles. The van der Waals surface area contributed by atoms with E-state index < -0.39 is 17.6 Å². The van der Waals surface area contributed by atoms with Crippen LogP contribution in [0.3, 0.4) is 0 Å². The summed E-state index contributed by atoms with van der Waals surface area (Å²) >= 11 is 0. The maximum atomic E-state index is 15.1. The van der Waals surface area contributed by atoms with Gasteiger partial charge in [0.2, 0.25) is 0 Å². The molecular formula is C33H36F2N4O4. The number of aromatic nitrogens is 2. The number of fused-ring (bicyclic) bond motifs is 3. The zero-order chi connectivity index (χ0) is 30.1. The SMILES string of the molecule is Cc1c(-c2cc(O)cc3cccc(F)c23)oc(=O)c2c(N3CCC(C)(C)CC3)nc(OC[C@@]34CCCN3C[C@H](F)C4)nc12. The molecule has 0 aliphatic carbocycles. The van der Waals surface area contributed by atoms with Gasteiger partial charge in [-0.25, -0.2) is 13.6 Å². The number of aryl methyl sites for hydroxylation is 1. The van der Waals surface area contributed by atoms with Crippen LogP contribution in [0.2, 0.25) is 0 Å². The number of hydrogen-bond donors (Lipinski definition) is 1. The summed E-state index contributed by atoms with van der Waals surface area (Å²) in [5, 5.41) is 11.4. The fraction of sp³-hybridized carbons (Fsp3) is 0.485. The number of rotatable bonds is 5. The number of alkyl halides is 1. The third-order valence-corrected chi connectivity index (χ3v) is 9.77. The Morgan fingerprint density at radius 1 is 1.12 bits per heavy atom. The molecule has 3 saturated heterocycles. The normalized spacial score (nSPS) is 23.7. The van der Waals surface area contributed by atoms with Crippen LogP contribution in [-0.2, 0) is 0 Å². The number of phenols is 1. The first-order valence-corrected chi connectivity index (χ1v) is 15.1. The van der Waals surface area contributed by atoms with Gasteiger partial charge in [-0.15, -0.1) is 0 Å². The Morgan fingerprint density at radius 2 is 1.91 bits per heavy atom. The Bertz CT molecular complexity index is 1800. The van der Waals surface area contributed by atoms with Crippen LogP contribution in [0.1, 0.15) is 51.5 Å². The Hall–Kier alpha value is -3.79. The molecule has 0 saturated carbocycles. The van der Waals surface area contributed by atoms with Crippen LogP contribution in [0.5, 0.6) is 11.8 Å². The quantitative estimate of drug-likeness (QED) is 0.297. The molecule has 7 rings (SSSR count). The topological polar surface area (TPSA) is 91.9 Å². The lowest BCUT2D eigenvalue weighted by Crippen LogP contribution is -2.43. The number of nitrogens with zero attached hydrogens (tertiary/aromatic N) is 4. The van der Waals surface area contributed by atoms with Gasteiger partial charge in [-0.1, -0.05) is 26.0 Å². The molecule has 2 aromatic carbocycles. The molecule has 10 heteroatoms. The van der Waals surface area contributed by atoms with E-state index in [2.05, 4.69) is 23.6 Å². The highest BCUT2D eigenvalue weighted by Crippen LogP contribution is 2.42. The summed E-state index contributed by atoms with van der Waals surface area (Å²) in [5.41, 5.74) is 0.240. The third-order valence-electron chi connectivity index (χ3n) is 9.77. The summed E-state index contributed by atoms with van der Waals surface area (Å²) < 4.78 is 41.8. The fourth-order valence-electron chi connectivity index (χ4n) is 7.28. The zero-order valence-electron chi connectivity index (χ0n) is 24.8. The highest BCUT2D eigenvalue weighted by molar-refractivity contribution is 6.00. The second-order valence-corrected chi connectivity index (χ2v) is 13.2. The van der Waals surface area contributed by atoms with Gasteiger partial charge in [-0.3, -0.25) is 4.90 Å². The van der Waals surface area contributed by atoms with Crippen LogP contribution in [0.15, 0.2) is 39.5 Å². The van der Waals surface area contributed by atoms with Crippen LogP contribution in [0.25, 0.3) is 33.0 Å². The van der Waals surface area contributed by atoms with Crippen molar-refractivity contribution >= 4 is 27.5 Å². The van der Waals surface area contributed by atoms with Crippen molar-refractivity contribution in [3.8, 4) is 23.1 Å². The van der Waals surface area contributed by atoms with Crippen molar-refractivity contribution in [2.24, 2.45) is 5.41 Å². The van der Waals surface area contributed by atoms with Gasteiger partial charge in [-0.2, -0.15) is 9.97 Å². The summed E-state index contributed by atoms with van der Waals surface area (Å²) in [6.07, 6.45) is 3.20. The molecule has 2 atom stereocenters. The standard InChI is InChI=1S/C33H36F2N4O4/c1-19-27-26(30(41)43-28(19)23-15-22(40)14-20-6-4-7-24(35)25(20)23)29(38-12-9-32(2,3)10-13-38)37-31(36-27)42-18-33-8-5-11-39(33)17-21(34)16-33/h4,6-7,14-15,21,40H,5,8-13,16-18H2,1-3H3/t21-,33+/m1/s1. The maximum Gasteiger partial charge on any atom is 0.349 e. The van der Waals surface area contributed by atoms with Gasteiger partial charge in [-0.05, 0) is 68.2 Å². The second kappa shape index (κ2) is 10.1. The molecule has 226 valence electrons. The van der Waals surface area contributed by atoms with E-state index >= 15 is 4.39 Å². The highest BCUT2D eigenvalue weighted by atomic mass is 19.1. The largest absolute Gasteiger partial charge is 0.508 e. The first kappa shape index (κ1) is 28.0. The van der Waals surface area contributed by atoms with Gasteiger partial charge in [0, 0.05) is 42.6 Å². The minimum Gasteiger partial charge on any atom is -0.508 e. The Balaban J connectivity index is 1.38. The van der Waals surface area contributed by atoms with Crippen molar-refractivity contribution < 1.29 is 23.0 Å². The molecule has 3 fully saturated rings. The fourth-order valence-corrected chi connectivity index (χ4v) is 7.28. The average molecular weight is 591 g/mol. The first-order valence-electron chi connectivity index (χ1n) is 15.1. The van der Waals surface area contributed by atoms with E-state index in [1.54, 1.807) is 19.1 Å². The van der Waals surface area contributed by atoms with Crippen LogP contribution in [-0.4, -0.2) is 64.5 Å². The van der Waals surface area contributed by atoms with E-state index in [9.17, 15) is 14.3 Å². The summed E-state index contributed by atoms with van der Waals surface area (Å²) in [6, 6.07) is 7.57. The van der Waals surface area contributed by atoms with E-state index in [-0.39, 0.29) is 51.4 Å². The summed E-state index contributed by atoms with van der Waals surface area (Å²) in [4.78, 5) is 27.5. The van der Waals surface area contributed by atoms with Crippen LogP contribution in [0.4, 0.5) is 14.6 Å². The van der Waals surface area contributed by atoms with Crippen molar-refractivity contribution in [2.75, 3.05) is 37.7 Å². The van der Waals surface area contributed by atoms with E-state index in [1.807, 2.05) is 0 Å². The Labute approximate surface area is 248 Å². The van der Waals surface area contributed by atoms with Crippen molar-refractivity contribution in [1.29, 1.82) is 0 Å². The number of aromatic hydroxyl groups is 1. The van der Waals surface area contributed by atoms with Gasteiger partial charge < -0.3 is 19.2 Å². The van der Waals surface area contributed by atoms with Crippen LogP contribution in [0, 0.1) is 18.2 Å². The van der Waals surface area contributed by atoms with Gasteiger partial charge in [0.05, 0.1) is 11.1 Å². The van der Waals surface area contributed by atoms with Crippen LogP contribution >= 0.6 is 0 Å². The molecule has 0 radical (unpaired) electrons. The molecule has 1 N–H and O–H groups in total. The molecule has 0 amide bonds. The molecule has 0 unspecified atom stereocenters. The molecule has 4 aromatic rings. The van der Waals surface area contributed by atoms with Gasteiger partial charge >= 0.3 is 11.6 Å². The summed E-state index contributed by atoms with van der Waals surface area (Å²) in [7, 11) is 0. The number of halogens is 2. The van der Waals surface area contributed by atoms with Gasteiger partial charge in [0.25, 0.3) is 0 Å². The monoisotopic (exact) mass is 590 g/mol.